The van der Waals surface area contributed by atoms with Crippen molar-refractivity contribution in [3.63, 3.8) is 0 Å². The van der Waals surface area contributed by atoms with Crippen LogP contribution in [-0.4, -0.2) is 28.7 Å². The van der Waals surface area contributed by atoms with Crippen LogP contribution >= 0.6 is 27.5 Å². The summed E-state index contributed by atoms with van der Waals surface area (Å²) in [6.07, 6.45) is 5.38. The molecule has 140 valence electrons. The predicted octanol–water partition coefficient (Wildman–Crippen LogP) is 3.48. The van der Waals surface area contributed by atoms with Gasteiger partial charge in [0.25, 0.3) is 0 Å². The van der Waals surface area contributed by atoms with Gasteiger partial charge in [-0.15, -0.1) is 0 Å². The lowest BCUT2D eigenvalue weighted by atomic mass is 9.63. The van der Waals surface area contributed by atoms with Crippen LogP contribution in [0, 0.1) is 35.5 Å². The largest absolute Gasteiger partial charge is 0.324 e. The maximum atomic E-state index is 13.1. The Balaban J connectivity index is 1.37. The fraction of sp³-hybridized carbons (Fsp3) is 0.450. The van der Waals surface area contributed by atoms with Crippen molar-refractivity contribution in [2.75, 3.05) is 5.32 Å². The van der Waals surface area contributed by atoms with E-state index in [-0.39, 0.29) is 41.4 Å². The highest BCUT2D eigenvalue weighted by atomic mass is 79.9. The molecule has 0 aromatic heterocycles. The molecule has 7 heteroatoms. The number of imide groups is 1. The smallest absolute Gasteiger partial charge is 0.247 e. The Bertz CT molecular complexity index is 880. The van der Waals surface area contributed by atoms with Crippen LogP contribution in [0.2, 0.25) is 5.02 Å². The maximum absolute atomic E-state index is 13.1. The summed E-state index contributed by atoms with van der Waals surface area (Å²) in [6, 6.07) is 4.22. The quantitative estimate of drug-likeness (QED) is 0.567. The lowest BCUT2D eigenvalue weighted by Gasteiger charge is -2.37. The molecule has 1 N–H and O–H groups in total. The van der Waals surface area contributed by atoms with Gasteiger partial charge in [0.2, 0.25) is 17.7 Å². The van der Waals surface area contributed by atoms with Gasteiger partial charge >= 0.3 is 0 Å². The van der Waals surface area contributed by atoms with Gasteiger partial charge in [0.05, 0.1) is 16.9 Å². The summed E-state index contributed by atoms with van der Waals surface area (Å²) < 4.78 is 0.728. The molecule has 3 amide bonds. The molecule has 0 radical (unpaired) electrons. The van der Waals surface area contributed by atoms with Crippen LogP contribution in [0.1, 0.15) is 13.3 Å². The van der Waals surface area contributed by atoms with Crippen LogP contribution in [0.15, 0.2) is 34.8 Å². The summed E-state index contributed by atoms with van der Waals surface area (Å²) in [4.78, 5) is 40.0. The zero-order valence-corrected chi connectivity index (χ0v) is 16.9. The Morgan fingerprint density at radius 2 is 1.78 bits per heavy atom. The first kappa shape index (κ1) is 17.4. The summed E-state index contributed by atoms with van der Waals surface area (Å²) in [5, 5.41) is 3.23. The number of hydrogen-bond donors (Lipinski definition) is 1. The molecular formula is C20H18BrClN2O3. The number of carbonyl (C=O) groups excluding carboxylic acids is 3. The molecule has 5 aliphatic rings. The summed E-state index contributed by atoms with van der Waals surface area (Å²) >= 11 is 9.37. The molecule has 0 spiro atoms. The maximum Gasteiger partial charge on any atom is 0.247 e. The fourth-order valence-corrected chi connectivity index (χ4v) is 5.73. The van der Waals surface area contributed by atoms with Crippen molar-refractivity contribution < 1.29 is 14.4 Å². The van der Waals surface area contributed by atoms with Crippen molar-refractivity contribution >= 4 is 50.9 Å². The fourth-order valence-electron chi connectivity index (χ4n) is 5.30. The number of allylic oxidation sites excluding steroid dienone is 2. The van der Waals surface area contributed by atoms with Crippen LogP contribution in [0.4, 0.5) is 5.69 Å². The molecule has 2 bridgehead atoms. The zero-order chi connectivity index (χ0) is 19.0. The van der Waals surface area contributed by atoms with Crippen molar-refractivity contribution in [2.24, 2.45) is 35.5 Å². The highest BCUT2D eigenvalue weighted by Crippen LogP contribution is 2.65. The predicted molar refractivity (Wildman–Crippen MR) is 104 cm³/mol. The Morgan fingerprint density at radius 1 is 1.19 bits per heavy atom. The Labute approximate surface area is 170 Å². The molecule has 1 aromatic rings. The molecule has 0 unspecified atom stereocenters. The van der Waals surface area contributed by atoms with Gasteiger partial charge in [-0.2, -0.15) is 0 Å². The standard InChI is InChI=1S/C20H18BrClN2O3/c1-8(18(25)23-9-2-5-14(21)15(22)6-9)24-19(26)16-10-3-4-11(13-7-12(10)13)17(16)20(24)27/h2-6,8,10-13,16-17H,7H2,1H3,(H,23,25)/t8-,10+,11+,12+,13+,16-,17+/m1/s1. The number of anilines is 1. The number of nitrogens with zero attached hydrogens (tertiary/aromatic N) is 1. The van der Waals surface area contributed by atoms with Crippen molar-refractivity contribution in [1.29, 1.82) is 0 Å². The van der Waals surface area contributed by atoms with E-state index < -0.39 is 6.04 Å². The molecule has 1 aromatic carbocycles. The second-order valence-electron chi connectivity index (χ2n) is 8.00. The molecule has 5 nitrogen and oxygen atoms in total. The van der Waals surface area contributed by atoms with Crippen molar-refractivity contribution in [3.8, 4) is 0 Å². The highest BCUT2D eigenvalue weighted by molar-refractivity contribution is 9.10. The monoisotopic (exact) mass is 448 g/mol. The number of halogens is 2. The number of rotatable bonds is 3. The van der Waals surface area contributed by atoms with E-state index in [1.165, 1.54) is 4.90 Å². The average Bonchev–Trinajstić information content (AvgIpc) is 3.42. The molecule has 3 fully saturated rings. The number of amides is 3. The molecule has 1 aliphatic heterocycles. The lowest BCUT2D eigenvalue weighted by Crippen LogP contribution is -2.46. The Hall–Kier alpha value is -1.66. The van der Waals surface area contributed by atoms with Gasteiger partial charge in [0, 0.05) is 10.2 Å². The number of benzene rings is 1. The molecule has 1 heterocycles. The van der Waals surface area contributed by atoms with E-state index in [0.29, 0.717) is 22.5 Å². The summed E-state index contributed by atoms with van der Waals surface area (Å²) in [6.45, 7) is 1.61. The van der Waals surface area contributed by atoms with E-state index in [1.807, 2.05) is 0 Å². The van der Waals surface area contributed by atoms with E-state index in [9.17, 15) is 14.4 Å². The SMILES string of the molecule is C[C@H](C(=O)Nc1ccc(Br)c(Cl)c1)N1C(=O)[C@@H]2[C@H]3C=C[C@@H]([C@@H]4C[C@@H]34)[C@@H]2C1=O. The van der Waals surface area contributed by atoms with E-state index in [4.69, 9.17) is 11.6 Å². The summed E-state index contributed by atoms with van der Waals surface area (Å²) in [5.74, 6) is 0.0804. The molecular weight excluding hydrogens is 432 g/mol. The third-order valence-corrected chi connectivity index (χ3v) is 7.88. The summed E-state index contributed by atoms with van der Waals surface area (Å²) in [5.41, 5.74) is 0.527. The van der Waals surface area contributed by atoms with E-state index in [1.54, 1.807) is 25.1 Å². The van der Waals surface area contributed by atoms with E-state index in [0.717, 1.165) is 10.9 Å². The van der Waals surface area contributed by atoms with Gasteiger partial charge in [-0.25, -0.2) is 0 Å². The Morgan fingerprint density at radius 3 is 2.33 bits per heavy atom. The lowest BCUT2D eigenvalue weighted by molar-refractivity contribution is -0.146. The van der Waals surface area contributed by atoms with E-state index >= 15 is 0 Å². The van der Waals surface area contributed by atoms with Gasteiger partial charge < -0.3 is 5.32 Å². The second kappa shape index (κ2) is 5.92. The Kier molecular flexibility index (Phi) is 3.82. The zero-order valence-electron chi connectivity index (χ0n) is 14.6. The minimum atomic E-state index is -0.853. The molecule has 4 aliphatic carbocycles. The number of likely N-dealkylation sites (tertiary alicyclic amines) is 1. The normalized spacial score (nSPS) is 36.5. The molecule has 2 saturated carbocycles. The number of nitrogens with one attached hydrogen (secondary N) is 1. The molecule has 6 rings (SSSR count). The molecule has 7 atom stereocenters. The van der Waals surface area contributed by atoms with Crippen molar-refractivity contribution in [2.45, 2.75) is 19.4 Å². The third kappa shape index (κ3) is 2.46. The van der Waals surface area contributed by atoms with Crippen LogP contribution in [-0.2, 0) is 14.4 Å². The van der Waals surface area contributed by atoms with Crippen molar-refractivity contribution in [3.05, 3.63) is 39.8 Å². The number of carbonyl (C=O) groups is 3. The van der Waals surface area contributed by atoms with E-state index in [2.05, 4.69) is 33.4 Å². The first-order valence-corrected chi connectivity index (χ1v) is 10.4. The van der Waals surface area contributed by atoms with Crippen LogP contribution in [0.5, 0.6) is 0 Å². The van der Waals surface area contributed by atoms with Crippen molar-refractivity contribution in [1.82, 2.24) is 4.90 Å². The van der Waals surface area contributed by atoms with Gasteiger partial charge in [-0.05, 0) is 71.1 Å². The second-order valence-corrected chi connectivity index (χ2v) is 9.26. The molecule has 1 saturated heterocycles. The van der Waals surface area contributed by atoms with Gasteiger partial charge in [-0.1, -0.05) is 23.8 Å². The van der Waals surface area contributed by atoms with Gasteiger partial charge in [0.1, 0.15) is 6.04 Å². The average molecular weight is 450 g/mol. The van der Waals surface area contributed by atoms with Crippen LogP contribution in [0.3, 0.4) is 0 Å². The first-order valence-electron chi connectivity index (χ1n) is 9.19. The topological polar surface area (TPSA) is 66.5 Å². The highest BCUT2D eigenvalue weighted by Gasteiger charge is 2.67. The van der Waals surface area contributed by atoms with Crippen LogP contribution < -0.4 is 5.32 Å². The minimum absolute atomic E-state index is 0.159. The molecule has 27 heavy (non-hydrogen) atoms. The van der Waals surface area contributed by atoms with Gasteiger partial charge in [0.15, 0.2) is 0 Å². The third-order valence-electron chi connectivity index (χ3n) is 6.65. The summed E-state index contributed by atoms with van der Waals surface area (Å²) in [7, 11) is 0. The first-order chi connectivity index (χ1) is 12.9. The minimum Gasteiger partial charge on any atom is -0.324 e. The van der Waals surface area contributed by atoms with Crippen LogP contribution in [0.25, 0.3) is 0 Å². The van der Waals surface area contributed by atoms with Gasteiger partial charge in [-0.3, -0.25) is 19.3 Å². The number of hydrogen-bond acceptors (Lipinski definition) is 3.